The Morgan fingerprint density at radius 3 is 2.91 bits per heavy atom. The molecule has 0 aromatic heterocycles. The Balaban J connectivity index is 2.50. The zero-order valence-electron chi connectivity index (χ0n) is 5.90. The lowest BCUT2D eigenvalue weighted by Gasteiger charge is -2.15. The number of para-hydroxylation sites is 1. The van der Waals surface area contributed by atoms with E-state index in [4.69, 9.17) is 4.74 Å². The molecule has 0 bridgehead atoms. The lowest BCUT2D eigenvalue weighted by Crippen LogP contribution is -2.01. The highest BCUT2D eigenvalue weighted by Gasteiger charge is 2.12. The van der Waals surface area contributed by atoms with E-state index >= 15 is 0 Å². The van der Waals surface area contributed by atoms with Crippen LogP contribution in [0.5, 0.6) is 5.75 Å². The van der Waals surface area contributed by atoms with Crippen LogP contribution in [0, 0.1) is 0 Å². The van der Waals surface area contributed by atoms with Gasteiger partial charge in [0.1, 0.15) is 11.9 Å². The van der Waals surface area contributed by atoms with Crippen molar-refractivity contribution < 1.29 is 9.84 Å². The molecule has 1 atom stereocenters. The van der Waals surface area contributed by atoms with Gasteiger partial charge in [0.15, 0.2) is 0 Å². The lowest BCUT2D eigenvalue weighted by molar-refractivity contribution is 0.213. The Morgan fingerprint density at radius 1 is 1.27 bits per heavy atom. The minimum atomic E-state index is -0.514. The van der Waals surface area contributed by atoms with Gasteiger partial charge in [0.05, 0.1) is 6.26 Å². The van der Waals surface area contributed by atoms with E-state index in [0.717, 1.165) is 11.3 Å². The van der Waals surface area contributed by atoms with E-state index in [9.17, 15) is 5.11 Å². The maximum atomic E-state index is 9.39. The molecule has 1 heterocycles. The maximum Gasteiger partial charge on any atom is 0.132 e. The van der Waals surface area contributed by atoms with Gasteiger partial charge in [0, 0.05) is 5.56 Å². The summed E-state index contributed by atoms with van der Waals surface area (Å²) in [6.07, 6.45) is 2.61. The first-order valence-corrected chi connectivity index (χ1v) is 3.48. The van der Waals surface area contributed by atoms with Gasteiger partial charge < -0.3 is 9.84 Å². The monoisotopic (exact) mass is 148 g/mol. The minimum Gasteiger partial charge on any atom is -0.465 e. The van der Waals surface area contributed by atoms with Gasteiger partial charge in [0.25, 0.3) is 0 Å². The van der Waals surface area contributed by atoms with Crippen molar-refractivity contribution in [1.29, 1.82) is 0 Å². The third-order valence-corrected chi connectivity index (χ3v) is 1.69. The van der Waals surface area contributed by atoms with Gasteiger partial charge >= 0.3 is 0 Å². The SMILES string of the molecule is O[C@@H]1C=COc2ccccc21. The Kier molecular flexibility index (Phi) is 1.40. The number of rotatable bonds is 0. The topological polar surface area (TPSA) is 29.5 Å². The normalized spacial score (nSPS) is 20.6. The first kappa shape index (κ1) is 6.43. The van der Waals surface area contributed by atoms with E-state index in [0.29, 0.717) is 0 Å². The highest BCUT2D eigenvalue weighted by Crippen LogP contribution is 2.28. The first-order chi connectivity index (χ1) is 5.38. The van der Waals surface area contributed by atoms with E-state index in [-0.39, 0.29) is 0 Å². The molecule has 0 unspecified atom stereocenters. The van der Waals surface area contributed by atoms with Gasteiger partial charge in [-0.15, -0.1) is 0 Å². The average molecular weight is 148 g/mol. The van der Waals surface area contributed by atoms with E-state index in [2.05, 4.69) is 0 Å². The molecule has 2 nitrogen and oxygen atoms in total. The summed E-state index contributed by atoms with van der Waals surface area (Å²) in [5, 5.41) is 9.39. The molecule has 0 saturated heterocycles. The summed E-state index contributed by atoms with van der Waals surface area (Å²) in [5.74, 6) is 0.738. The molecular formula is C9H8O2. The fourth-order valence-corrected chi connectivity index (χ4v) is 1.12. The predicted molar refractivity (Wildman–Crippen MR) is 41.2 cm³/mol. The van der Waals surface area contributed by atoms with Gasteiger partial charge in [-0.1, -0.05) is 18.2 Å². The molecule has 0 saturated carbocycles. The minimum absolute atomic E-state index is 0.514. The number of aliphatic hydroxyl groups excluding tert-OH is 1. The zero-order valence-corrected chi connectivity index (χ0v) is 5.90. The van der Waals surface area contributed by atoms with Crippen molar-refractivity contribution in [3.63, 3.8) is 0 Å². The molecule has 1 aromatic rings. The van der Waals surface area contributed by atoms with Gasteiger partial charge in [-0.2, -0.15) is 0 Å². The average Bonchev–Trinajstić information content (AvgIpc) is 2.06. The highest BCUT2D eigenvalue weighted by molar-refractivity contribution is 5.39. The van der Waals surface area contributed by atoms with Crippen LogP contribution < -0.4 is 4.74 Å². The van der Waals surface area contributed by atoms with Crippen LogP contribution in [-0.2, 0) is 0 Å². The standard InChI is InChI=1S/C9H8O2/c10-8-5-6-11-9-4-2-1-3-7(8)9/h1-6,8,10H/t8-/m1/s1. The van der Waals surface area contributed by atoms with Crippen molar-refractivity contribution in [3.05, 3.63) is 42.2 Å². The summed E-state index contributed by atoms with van der Waals surface area (Å²) in [4.78, 5) is 0. The van der Waals surface area contributed by atoms with E-state index in [1.54, 1.807) is 6.08 Å². The quantitative estimate of drug-likeness (QED) is 0.605. The third kappa shape index (κ3) is 1.01. The van der Waals surface area contributed by atoms with Crippen molar-refractivity contribution in [2.45, 2.75) is 6.10 Å². The molecular weight excluding hydrogens is 140 g/mol. The van der Waals surface area contributed by atoms with Crippen molar-refractivity contribution >= 4 is 0 Å². The number of ether oxygens (including phenoxy) is 1. The number of hydrogen-bond acceptors (Lipinski definition) is 2. The second kappa shape index (κ2) is 2.40. The Hall–Kier alpha value is -1.28. The van der Waals surface area contributed by atoms with Gasteiger partial charge in [-0.3, -0.25) is 0 Å². The second-order valence-electron chi connectivity index (χ2n) is 2.43. The Bertz CT molecular complexity index is 291. The van der Waals surface area contributed by atoms with E-state index in [1.165, 1.54) is 6.26 Å². The molecule has 2 rings (SSSR count). The number of benzene rings is 1. The van der Waals surface area contributed by atoms with Crippen molar-refractivity contribution in [2.24, 2.45) is 0 Å². The summed E-state index contributed by atoms with van der Waals surface area (Å²) in [5.41, 5.74) is 0.829. The van der Waals surface area contributed by atoms with Crippen molar-refractivity contribution in [1.82, 2.24) is 0 Å². The number of aliphatic hydroxyl groups is 1. The fraction of sp³-hybridized carbons (Fsp3) is 0.111. The van der Waals surface area contributed by atoms with Crippen LogP contribution in [-0.4, -0.2) is 5.11 Å². The summed E-state index contributed by atoms with van der Waals surface area (Å²) in [7, 11) is 0. The summed E-state index contributed by atoms with van der Waals surface area (Å²) >= 11 is 0. The van der Waals surface area contributed by atoms with Crippen LogP contribution in [0.15, 0.2) is 36.6 Å². The van der Waals surface area contributed by atoms with Gasteiger partial charge in [-0.05, 0) is 12.1 Å². The van der Waals surface area contributed by atoms with Crippen molar-refractivity contribution in [3.8, 4) is 5.75 Å². The maximum absolute atomic E-state index is 9.39. The number of fused-ring (bicyclic) bond motifs is 1. The summed E-state index contributed by atoms with van der Waals surface area (Å²) < 4.78 is 5.15. The molecule has 11 heavy (non-hydrogen) atoms. The van der Waals surface area contributed by atoms with Crippen LogP contribution in [0.4, 0.5) is 0 Å². The second-order valence-corrected chi connectivity index (χ2v) is 2.43. The van der Waals surface area contributed by atoms with Crippen LogP contribution in [0.2, 0.25) is 0 Å². The fourth-order valence-electron chi connectivity index (χ4n) is 1.12. The molecule has 0 fully saturated rings. The van der Waals surface area contributed by atoms with Crippen LogP contribution in [0.25, 0.3) is 0 Å². The van der Waals surface area contributed by atoms with Crippen LogP contribution >= 0.6 is 0 Å². The van der Waals surface area contributed by atoms with E-state index < -0.39 is 6.10 Å². The highest BCUT2D eigenvalue weighted by atomic mass is 16.5. The van der Waals surface area contributed by atoms with Crippen molar-refractivity contribution in [2.75, 3.05) is 0 Å². The molecule has 0 amide bonds. The predicted octanol–water partition coefficient (Wildman–Crippen LogP) is 1.63. The summed E-state index contributed by atoms with van der Waals surface area (Å²) in [6, 6.07) is 7.45. The molecule has 1 N–H and O–H groups in total. The third-order valence-electron chi connectivity index (χ3n) is 1.69. The van der Waals surface area contributed by atoms with E-state index in [1.807, 2.05) is 24.3 Å². The molecule has 56 valence electrons. The molecule has 0 spiro atoms. The molecule has 0 aliphatic carbocycles. The van der Waals surface area contributed by atoms with Crippen LogP contribution in [0.1, 0.15) is 11.7 Å². The summed E-state index contributed by atoms with van der Waals surface area (Å²) in [6.45, 7) is 0. The van der Waals surface area contributed by atoms with Crippen LogP contribution in [0.3, 0.4) is 0 Å². The molecule has 1 aliphatic heterocycles. The molecule has 0 radical (unpaired) electrons. The largest absolute Gasteiger partial charge is 0.465 e. The molecule has 1 aliphatic rings. The van der Waals surface area contributed by atoms with Gasteiger partial charge in [-0.25, -0.2) is 0 Å². The number of hydrogen-bond donors (Lipinski definition) is 1. The lowest BCUT2D eigenvalue weighted by atomic mass is 10.1. The zero-order chi connectivity index (χ0) is 7.68. The Labute approximate surface area is 64.7 Å². The Morgan fingerprint density at radius 2 is 2.09 bits per heavy atom. The smallest absolute Gasteiger partial charge is 0.132 e. The first-order valence-electron chi connectivity index (χ1n) is 3.48. The molecule has 2 heteroatoms. The molecule has 1 aromatic carbocycles. The van der Waals surface area contributed by atoms with Gasteiger partial charge in [0.2, 0.25) is 0 Å².